The van der Waals surface area contributed by atoms with Crippen LogP contribution < -0.4 is 5.73 Å². The predicted molar refractivity (Wildman–Crippen MR) is 101 cm³/mol. The summed E-state index contributed by atoms with van der Waals surface area (Å²) >= 11 is 0. The maximum atomic E-state index is 14.3. The van der Waals surface area contributed by atoms with Crippen LogP contribution in [0.4, 0.5) is 13.2 Å². The minimum absolute atomic E-state index is 0.0370. The summed E-state index contributed by atoms with van der Waals surface area (Å²) in [5, 5.41) is 0. The van der Waals surface area contributed by atoms with E-state index in [0.29, 0.717) is 5.56 Å². The average molecular weight is 393 g/mol. The van der Waals surface area contributed by atoms with Crippen molar-refractivity contribution in [3.63, 3.8) is 0 Å². The molecule has 8 heteroatoms. The van der Waals surface area contributed by atoms with Crippen LogP contribution in [0.1, 0.15) is 36.7 Å². The largest absolute Gasteiger partial charge is 0.386 e. The van der Waals surface area contributed by atoms with Crippen LogP contribution in [0.3, 0.4) is 0 Å². The summed E-state index contributed by atoms with van der Waals surface area (Å²) in [6.45, 7) is 3.44. The summed E-state index contributed by atoms with van der Waals surface area (Å²) in [5.74, 6) is -1.48. The third kappa shape index (κ3) is 3.95. The Balaban J connectivity index is 1.96. The van der Waals surface area contributed by atoms with Gasteiger partial charge in [0.25, 0.3) is 0 Å². The molecule has 4 nitrogen and oxygen atoms in total. The van der Waals surface area contributed by atoms with Crippen molar-refractivity contribution in [2.45, 2.75) is 24.6 Å². The molecule has 0 saturated carbocycles. The highest BCUT2D eigenvalue weighted by Crippen LogP contribution is 2.31. The van der Waals surface area contributed by atoms with Crippen molar-refractivity contribution in [3.8, 4) is 0 Å². The fourth-order valence-electron chi connectivity index (χ4n) is 2.63. The molecular weight excluding hydrogens is 375 g/mol. The molecule has 0 bridgehead atoms. The fraction of sp³-hybridized carbons (Fsp3) is 0.263. The van der Waals surface area contributed by atoms with E-state index in [1.807, 2.05) is 0 Å². The molecule has 1 aromatic carbocycles. The summed E-state index contributed by atoms with van der Waals surface area (Å²) in [5.41, 5.74) is 6.44. The number of benzene rings is 1. The van der Waals surface area contributed by atoms with Crippen LogP contribution in [0.15, 0.2) is 41.5 Å². The third-order valence-corrected chi connectivity index (χ3v) is 6.40. The van der Waals surface area contributed by atoms with Crippen molar-refractivity contribution in [1.82, 2.24) is 4.98 Å². The third-order valence-electron chi connectivity index (χ3n) is 4.43. The maximum Gasteiger partial charge on any atom is 0.149 e. The van der Waals surface area contributed by atoms with E-state index in [1.165, 1.54) is 30.3 Å². The quantitative estimate of drug-likeness (QED) is 0.863. The molecule has 27 heavy (non-hydrogen) atoms. The van der Waals surface area contributed by atoms with Crippen LogP contribution in [-0.2, 0) is 10.8 Å². The fourth-order valence-corrected chi connectivity index (χ4v) is 3.88. The summed E-state index contributed by atoms with van der Waals surface area (Å²) in [6, 6.07) is 5.64. The first-order valence-corrected chi connectivity index (χ1v) is 9.51. The van der Waals surface area contributed by atoms with Crippen LogP contribution in [-0.4, -0.2) is 25.5 Å². The Labute approximate surface area is 157 Å². The second-order valence-corrected chi connectivity index (χ2v) is 8.73. The Morgan fingerprint density at radius 2 is 2.04 bits per heavy atom. The van der Waals surface area contributed by atoms with Gasteiger partial charge in [0.1, 0.15) is 23.3 Å². The standard InChI is InChI=1S/C19H18F3N3OS/c1-19(2)18(23)25-17(10-27(19)26)13-7-11(3-5-14(13)21)8-15(22)16-6-4-12(20)9-24-16/h3-9,17H,10H2,1-2H3,(H2,23,25)/b15-8-. The van der Waals surface area contributed by atoms with Crippen molar-refractivity contribution >= 4 is 28.5 Å². The lowest BCUT2D eigenvalue weighted by atomic mass is 10.0. The van der Waals surface area contributed by atoms with Gasteiger partial charge in [0.15, 0.2) is 0 Å². The Hall–Kier alpha value is -2.48. The molecule has 0 radical (unpaired) electrons. The number of pyridine rings is 1. The van der Waals surface area contributed by atoms with Crippen molar-refractivity contribution in [2.75, 3.05) is 5.75 Å². The minimum Gasteiger partial charge on any atom is -0.386 e. The van der Waals surface area contributed by atoms with Crippen LogP contribution in [0.5, 0.6) is 0 Å². The second-order valence-electron chi connectivity index (χ2n) is 6.69. The SMILES string of the molecule is CC1(C)C(N)=NC(c2cc(/C=C(\F)c3ccc(F)cn3)ccc2F)CS1=O. The van der Waals surface area contributed by atoms with Crippen LogP contribution in [0.25, 0.3) is 11.9 Å². The molecule has 0 aliphatic carbocycles. The molecule has 3 rings (SSSR count). The number of nitrogens with two attached hydrogens (primary N) is 1. The predicted octanol–water partition coefficient (Wildman–Crippen LogP) is 3.77. The Morgan fingerprint density at radius 1 is 1.30 bits per heavy atom. The van der Waals surface area contributed by atoms with E-state index in [0.717, 1.165) is 12.3 Å². The summed E-state index contributed by atoms with van der Waals surface area (Å²) in [7, 11) is -1.33. The van der Waals surface area contributed by atoms with E-state index in [-0.39, 0.29) is 22.8 Å². The second kappa shape index (κ2) is 7.26. The zero-order chi connectivity index (χ0) is 19.8. The molecule has 0 fully saturated rings. The highest BCUT2D eigenvalue weighted by Gasteiger charge is 2.37. The van der Waals surface area contributed by atoms with Gasteiger partial charge < -0.3 is 5.73 Å². The minimum atomic E-state index is -1.33. The van der Waals surface area contributed by atoms with Crippen LogP contribution in [0.2, 0.25) is 0 Å². The highest BCUT2D eigenvalue weighted by atomic mass is 32.2. The lowest BCUT2D eigenvalue weighted by Gasteiger charge is -2.31. The molecule has 2 atom stereocenters. The molecule has 2 aromatic rings. The first kappa shape index (κ1) is 19.3. The topological polar surface area (TPSA) is 68.3 Å². The number of amidine groups is 1. The van der Waals surface area contributed by atoms with Gasteiger partial charge in [-0.3, -0.25) is 14.2 Å². The molecular formula is C19H18F3N3OS. The summed E-state index contributed by atoms with van der Waals surface area (Å²) in [6.07, 6.45) is 2.08. The summed E-state index contributed by atoms with van der Waals surface area (Å²) < 4.78 is 53.2. The number of halogens is 3. The van der Waals surface area contributed by atoms with E-state index < -0.39 is 39.0 Å². The first-order chi connectivity index (χ1) is 12.7. The number of nitrogens with zero attached hydrogens (tertiary/aromatic N) is 2. The van der Waals surface area contributed by atoms with Crippen molar-refractivity contribution in [1.29, 1.82) is 0 Å². The van der Waals surface area contributed by atoms with E-state index >= 15 is 0 Å². The Kier molecular flexibility index (Phi) is 5.19. The monoisotopic (exact) mass is 393 g/mol. The van der Waals surface area contributed by atoms with E-state index in [1.54, 1.807) is 13.8 Å². The molecule has 1 aliphatic rings. The number of rotatable bonds is 3. The molecule has 0 saturated heterocycles. The molecule has 2 N–H and O–H groups in total. The van der Waals surface area contributed by atoms with Crippen molar-refractivity contribution in [2.24, 2.45) is 10.7 Å². The number of hydrogen-bond donors (Lipinski definition) is 1. The molecule has 1 aromatic heterocycles. The smallest absolute Gasteiger partial charge is 0.149 e. The van der Waals surface area contributed by atoms with Gasteiger partial charge in [-0.25, -0.2) is 13.2 Å². The number of aliphatic imine (C=N–C) groups is 1. The Bertz CT molecular complexity index is 955. The van der Waals surface area contributed by atoms with Gasteiger partial charge in [-0.1, -0.05) is 6.07 Å². The first-order valence-electron chi connectivity index (χ1n) is 8.19. The molecule has 0 spiro atoms. The lowest BCUT2D eigenvalue weighted by molar-refractivity contribution is 0.587. The maximum absolute atomic E-state index is 14.3. The lowest BCUT2D eigenvalue weighted by Crippen LogP contribution is -2.47. The van der Waals surface area contributed by atoms with E-state index in [2.05, 4.69) is 9.98 Å². The van der Waals surface area contributed by atoms with Crippen molar-refractivity contribution in [3.05, 3.63) is 65.0 Å². The van der Waals surface area contributed by atoms with Gasteiger partial charge in [0.2, 0.25) is 0 Å². The van der Waals surface area contributed by atoms with Gasteiger partial charge in [-0.15, -0.1) is 0 Å². The highest BCUT2D eigenvalue weighted by molar-refractivity contribution is 7.87. The van der Waals surface area contributed by atoms with Crippen molar-refractivity contribution < 1.29 is 17.4 Å². The Morgan fingerprint density at radius 3 is 2.67 bits per heavy atom. The van der Waals surface area contributed by atoms with Gasteiger partial charge in [-0.2, -0.15) is 0 Å². The van der Waals surface area contributed by atoms with Gasteiger partial charge in [-0.05, 0) is 49.8 Å². The van der Waals surface area contributed by atoms with Gasteiger partial charge >= 0.3 is 0 Å². The molecule has 2 heterocycles. The number of hydrogen-bond acceptors (Lipinski definition) is 4. The van der Waals surface area contributed by atoms with Crippen LogP contribution in [0, 0.1) is 11.6 Å². The molecule has 142 valence electrons. The zero-order valence-electron chi connectivity index (χ0n) is 14.7. The van der Waals surface area contributed by atoms with Gasteiger partial charge in [0, 0.05) is 16.4 Å². The molecule has 0 amide bonds. The molecule has 2 unspecified atom stereocenters. The average Bonchev–Trinajstić information content (AvgIpc) is 2.62. The normalized spacial score (nSPS) is 22.4. The molecule has 1 aliphatic heterocycles. The van der Waals surface area contributed by atoms with Crippen LogP contribution >= 0.6 is 0 Å². The van der Waals surface area contributed by atoms with E-state index in [9.17, 15) is 17.4 Å². The number of aromatic nitrogens is 1. The van der Waals surface area contributed by atoms with Gasteiger partial charge in [0.05, 0.1) is 28.4 Å². The van der Waals surface area contributed by atoms with E-state index in [4.69, 9.17) is 5.73 Å². The zero-order valence-corrected chi connectivity index (χ0v) is 15.6. The summed E-state index contributed by atoms with van der Waals surface area (Å²) in [4.78, 5) is 7.97.